The summed E-state index contributed by atoms with van der Waals surface area (Å²) in [5, 5.41) is 18.1. The third-order valence-electron chi connectivity index (χ3n) is 7.36. The van der Waals surface area contributed by atoms with E-state index in [1.165, 1.54) is 0 Å². The minimum Gasteiger partial charge on any atom is -0.492 e. The Balaban J connectivity index is 1.08. The predicted molar refractivity (Wildman–Crippen MR) is 163 cm³/mol. The molecule has 0 aliphatic rings. The van der Waals surface area contributed by atoms with Gasteiger partial charge in [-0.05, 0) is 89.8 Å². The molecular formula is C34H33N3O5. The molecule has 5 aromatic rings. The first-order valence-corrected chi connectivity index (χ1v) is 14.2. The second-order valence-electron chi connectivity index (χ2n) is 10.4. The predicted octanol–water partition coefficient (Wildman–Crippen LogP) is 6.32. The molecule has 1 atom stereocenters. The number of aromatic nitrogens is 1. The number of amides is 2. The molecule has 4 bridgehead atoms. The highest BCUT2D eigenvalue weighted by molar-refractivity contribution is 6.15. The van der Waals surface area contributed by atoms with Crippen molar-refractivity contribution in [1.82, 2.24) is 10.3 Å². The maximum Gasteiger partial charge on any atom is 0.306 e. The summed E-state index contributed by atoms with van der Waals surface area (Å²) < 4.78 is 5.73. The smallest absolute Gasteiger partial charge is 0.306 e. The normalized spacial score (nSPS) is 11.8. The van der Waals surface area contributed by atoms with E-state index in [4.69, 9.17) is 4.74 Å². The van der Waals surface area contributed by atoms with Crippen molar-refractivity contribution in [2.45, 2.75) is 32.6 Å². The fourth-order valence-electron chi connectivity index (χ4n) is 5.00. The number of aliphatic carboxylic acids is 1. The van der Waals surface area contributed by atoms with Crippen molar-refractivity contribution in [1.29, 1.82) is 0 Å². The van der Waals surface area contributed by atoms with Gasteiger partial charge >= 0.3 is 5.97 Å². The third kappa shape index (κ3) is 6.83. The largest absolute Gasteiger partial charge is 0.492 e. The Kier molecular flexibility index (Phi) is 8.92. The summed E-state index contributed by atoms with van der Waals surface area (Å²) in [6, 6.07) is 23.8. The molecule has 0 aliphatic carbocycles. The number of carboxylic acids is 1. The highest BCUT2D eigenvalue weighted by Gasteiger charge is 2.17. The summed E-state index contributed by atoms with van der Waals surface area (Å²) in [6.07, 6.45) is 4.78. The van der Waals surface area contributed by atoms with E-state index >= 15 is 0 Å². The van der Waals surface area contributed by atoms with Crippen molar-refractivity contribution >= 4 is 45.1 Å². The molecule has 214 valence electrons. The minimum atomic E-state index is -0.761. The number of benzene rings is 4. The van der Waals surface area contributed by atoms with E-state index in [0.29, 0.717) is 42.0 Å². The van der Waals surface area contributed by atoms with Crippen LogP contribution in [0.25, 0.3) is 21.7 Å². The van der Waals surface area contributed by atoms with E-state index in [9.17, 15) is 19.5 Å². The van der Waals surface area contributed by atoms with Gasteiger partial charge in [-0.15, -0.1) is 0 Å². The van der Waals surface area contributed by atoms with E-state index in [1.54, 1.807) is 30.5 Å². The average Bonchev–Trinajstić information content (AvgIpc) is 3.01. The summed E-state index contributed by atoms with van der Waals surface area (Å²) in [6.45, 7) is 2.65. The molecule has 4 aromatic carbocycles. The fourth-order valence-corrected chi connectivity index (χ4v) is 5.00. The lowest BCUT2D eigenvalue weighted by Gasteiger charge is -2.13. The Morgan fingerprint density at radius 2 is 1.67 bits per heavy atom. The summed E-state index contributed by atoms with van der Waals surface area (Å²) in [5.41, 5.74) is 3.31. The van der Waals surface area contributed by atoms with E-state index < -0.39 is 5.97 Å². The molecule has 8 nitrogen and oxygen atoms in total. The van der Waals surface area contributed by atoms with Gasteiger partial charge in [-0.2, -0.15) is 0 Å². The van der Waals surface area contributed by atoms with Crippen molar-refractivity contribution in [2.24, 2.45) is 5.92 Å². The van der Waals surface area contributed by atoms with Crippen LogP contribution in [-0.2, 0) is 11.2 Å². The Bertz CT molecular complexity index is 1680. The number of anilines is 1. The van der Waals surface area contributed by atoms with Crippen molar-refractivity contribution in [3.63, 3.8) is 0 Å². The van der Waals surface area contributed by atoms with Gasteiger partial charge in [0, 0.05) is 28.4 Å². The number of rotatable bonds is 13. The molecule has 0 fully saturated rings. The number of unbranched alkanes of at least 4 members (excludes halogenated alkanes) is 1. The maximum atomic E-state index is 13.0. The van der Waals surface area contributed by atoms with E-state index in [-0.39, 0.29) is 24.3 Å². The average molecular weight is 564 g/mol. The van der Waals surface area contributed by atoms with Crippen LogP contribution in [0.4, 0.5) is 5.69 Å². The van der Waals surface area contributed by atoms with E-state index in [0.717, 1.165) is 40.1 Å². The van der Waals surface area contributed by atoms with Crippen LogP contribution in [0.2, 0.25) is 0 Å². The molecule has 3 N–H and O–H groups in total. The van der Waals surface area contributed by atoms with Gasteiger partial charge in [-0.25, -0.2) is 0 Å². The van der Waals surface area contributed by atoms with Crippen molar-refractivity contribution in [3.05, 3.63) is 102 Å². The van der Waals surface area contributed by atoms with Gasteiger partial charge in [0.2, 0.25) is 0 Å². The molecular weight excluding hydrogens is 530 g/mol. The monoisotopic (exact) mass is 563 g/mol. The first-order chi connectivity index (χ1) is 20.4. The summed E-state index contributed by atoms with van der Waals surface area (Å²) in [5.74, 6) is -0.980. The third-order valence-corrected chi connectivity index (χ3v) is 7.36. The zero-order valence-corrected chi connectivity index (χ0v) is 23.4. The summed E-state index contributed by atoms with van der Waals surface area (Å²) in [7, 11) is 0. The van der Waals surface area contributed by atoms with Crippen LogP contribution in [0.5, 0.6) is 5.75 Å². The lowest BCUT2D eigenvalue weighted by Crippen LogP contribution is -2.28. The van der Waals surface area contributed by atoms with Crippen LogP contribution < -0.4 is 15.4 Å². The maximum absolute atomic E-state index is 13.0. The molecule has 0 radical (unpaired) electrons. The van der Waals surface area contributed by atoms with Crippen LogP contribution in [0, 0.1) is 5.92 Å². The zero-order chi connectivity index (χ0) is 29.5. The van der Waals surface area contributed by atoms with Crippen LogP contribution in [0.1, 0.15) is 52.5 Å². The molecule has 1 heterocycles. The number of carbonyl (C=O) groups is 3. The Hall–Kier alpha value is -4.98. The number of fused-ring (bicyclic) bond motifs is 6. The standard InChI is InChI=1S/C34H33N3O5/c1-2-3-4-26(34(40)41)19-22-5-12-28(13-6-22)42-18-17-36-32(38)23-7-10-27(11-8-23)37-33(39)29-14-9-24-20-30(29)31-21-25(24)15-16-35-31/h5-16,20-21,26H,2-4,17-19H2,1H3,(H,36,38)(H,37,39)(H,40,41). The van der Waals surface area contributed by atoms with Gasteiger partial charge in [0.15, 0.2) is 0 Å². The molecule has 0 aliphatic heterocycles. The van der Waals surface area contributed by atoms with Gasteiger partial charge in [-0.1, -0.05) is 38.0 Å². The Morgan fingerprint density at radius 1 is 0.905 bits per heavy atom. The number of carbonyl (C=O) groups excluding carboxylic acids is 2. The highest BCUT2D eigenvalue weighted by Crippen LogP contribution is 2.27. The summed E-state index contributed by atoms with van der Waals surface area (Å²) in [4.78, 5) is 41.5. The number of pyridine rings is 1. The number of hydrogen-bond acceptors (Lipinski definition) is 5. The van der Waals surface area contributed by atoms with E-state index in [1.807, 2.05) is 54.6 Å². The molecule has 1 unspecified atom stereocenters. The number of ether oxygens (including phenoxy) is 1. The Labute approximate surface area is 244 Å². The zero-order valence-electron chi connectivity index (χ0n) is 23.4. The van der Waals surface area contributed by atoms with Crippen LogP contribution in [-0.4, -0.2) is 41.0 Å². The number of hydrogen-bond donors (Lipinski definition) is 3. The molecule has 1 aromatic heterocycles. The van der Waals surface area contributed by atoms with Gasteiger partial charge in [-0.3, -0.25) is 19.4 Å². The van der Waals surface area contributed by atoms with Crippen LogP contribution in [0.15, 0.2) is 85.1 Å². The van der Waals surface area contributed by atoms with Gasteiger partial charge in [0.1, 0.15) is 12.4 Å². The van der Waals surface area contributed by atoms with Crippen molar-refractivity contribution < 1.29 is 24.2 Å². The van der Waals surface area contributed by atoms with Crippen molar-refractivity contribution in [2.75, 3.05) is 18.5 Å². The minimum absolute atomic E-state index is 0.244. The lowest BCUT2D eigenvalue weighted by molar-refractivity contribution is -0.142. The lowest BCUT2D eigenvalue weighted by atomic mass is 9.94. The molecule has 5 rings (SSSR count). The molecule has 0 saturated carbocycles. The molecule has 2 amide bonds. The second kappa shape index (κ2) is 13.1. The second-order valence-corrected chi connectivity index (χ2v) is 10.4. The topological polar surface area (TPSA) is 118 Å². The number of carboxylic acid groups (broad SMARTS) is 1. The number of nitrogens with one attached hydrogen (secondary N) is 2. The first kappa shape index (κ1) is 28.5. The van der Waals surface area contributed by atoms with E-state index in [2.05, 4.69) is 22.5 Å². The molecule has 8 heteroatoms. The fraction of sp³-hybridized carbons (Fsp3) is 0.235. The Morgan fingerprint density at radius 3 is 2.40 bits per heavy atom. The van der Waals surface area contributed by atoms with Crippen molar-refractivity contribution in [3.8, 4) is 5.75 Å². The highest BCUT2D eigenvalue weighted by atomic mass is 16.5. The molecule has 0 spiro atoms. The molecule has 0 saturated heterocycles. The van der Waals surface area contributed by atoms with Crippen LogP contribution >= 0.6 is 0 Å². The molecule has 42 heavy (non-hydrogen) atoms. The van der Waals surface area contributed by atoms with Crippen LogP contribution in [0.3, 0.4) is 0 Å². The first-order valence-electron chi connectivity index (χ1n) is 14.2. The van der Waals surface area contributed by atoms with Gasteiger partial charge in [0.05, 0.1) is 18.0 Å². The van der Waals surface area contributed by atoms with Gasteiger partial charge < -0.3 is 20.5 Å². The summed E-state index contributed by atoms with van der Waals surface area (Å²) >= 11 is 0. The SMILES string of the molecule is CCCCC(Cc1ccc(OCCNC(=O)c2ccc(NC(=O)c3ccc4cc3c3cc4ccn3)cc2)cc1)C(=O)O. The quantitative estimate of drug-likeness (QED) is 0.144. The number of nitrogens with zero attached hydrogens (tertiary/aromatic N) is 1. The van der Waals surface area contributed by atoms with Gasteiger partial charge in [0.25, 0.3) is 11.8 Å².